The van der Waals surface area contributed by atoms with Crippen LogP contribution in [-0.2, 0) is 0 Å². The topological polar surface area (TPSA) is 81.2 Å². The summed E-state index contributed by atoms with van der Waals surface area (Å²) >= 11 is 9.16. The normalized spacial score (nSPS) is 15.9. The fourth-order valence-corrected chi connectivity index (χ4v) is 2.62. The number of benzene rings is 1. The lowest BCUT2D eigenvalue weighted by atomic mass is 9.92. The lowest BCUT2D eigenvalue weighted by Crippen LogP contribution is -2.40. The van der Waals surface area contributed by atoms with Gasteiger partial charge in [-0.25, -0.2) is 0 Å². The summed E-state index contributed by atoms with van der Waals surface area (Å²) in [6.07, 6.45) is 0. The van der Waals surface area contributed by atoms with E-state index in [9.17, 15) is 10.1 Å². The maximum absolute atomic E-state index is 11.0. The van der Waals surface area contributed by atoms with Crippen molar-refractivity contribution in [1.82, 2.24) is 5.32 Å². The van der Waals surface area contributed by atoms with E-state index >= 15 is 0 Å². The van der Waals surface area contributed by atoms with Gasteiger partial charge < -0.3 is 11.1 Å². The molecule has 0 bridgehead atoms. The fourth-order valence-electron chi connectivity index (χ4n) is 1.71. The molecule has 0 saturated carbocycles. The van der Waals surface area contributed by atoms with Crippen molar-refractivity contribution in [3.63, 3.8) is 0 Å². The highest BCUT2D eigenvalue weighted by Crippen LogP contribution is 2.43. The van der Waals surface area contributed by atoms with Crippen LogP contribution in [0.3, 0.4) is 0 Å². The Bertz CT molecular complexity index is 463. The van der Waals surface area contributed by atoms with Crippen molar-refractivity contribution in [2.45, 2.75) is 5.92 Å². The maximum atomic E-state index is 11.0. The highest BCUT2D eigenvalue weighted by molar-refractivity contribution is 9.10. The number of nitro benzene ring substituents is 1. The Morgan fingerprint density at radius 3 is 2.69 bits per heavy atom. The Morgan fingerprint density at radius 1 is 1.62 bits per heavy atom. The standard InChI is InChI=1S/C9H9BrClN3O2/c10-8-6(12)1-5(11)9(14(15)16)7(8)4-2-13-3-4/h1,4,13H,2-3,12H2. The van der Waals surface area contributed by atoms with Gasteiger partial charge in [-0.1, -0.05) is 11.6 Å². The fraction of sp³-hybridized carbons (Fsp3) is 0.333. The van der Waals surface area contributed by atoms with Gasteiger partial charge in [0.05, 0.1) is 15.0 Å². The number of halogens is 2. The minimum Gasteiger partial charge on any atom is -0.398 e. The Balaban J connectivity index is 2.65. The molecular weight excluding hydrogens is 297 g/mol. The van der Waals surface area contributed by atoms with Crippen LogP contribution in [0.1, 0.15) is 11.5 Å². The second kappa shape index (κ2) is 4.20. The molecule has 0 unspecified atom stereocenters. The summed E-state index contributed by atoms with van der Waals surface area (Å²) in [6, 6.07) is 1.40. The largest absolute Gasteiger partial charge is 0.398 e. The van der Waals surface area contributed by atoms with Gasteiger partial charge in [0.1, 0.15) is 5.02 Å². The van der Waals surface area contributed by atoms with E-state index in [-0.39, 0.29) is 16.6 Å². The number of nitrogens with one attached hydrogen (secondary N) is 1. The number of nitro groups is 1. The molecule has 0 aliphatic carbocycles. The predicted molar refractivity (Wildman–Crippen MR) is 65.8 cm³/mol. The summed E-state index contributed by atoms with van der Waals surface area (Å²) in [4.78, 5) is 10.5. The maximum Gasteiger partial charge on any atom is 0.292 e. The highest BCUT2D eigenvalue weighted by atomic mass is 79.9. The van der Waals surface area contributed by atoms with Crippen LogP contribution in [0.15, 0.2) is 10.5 Å². The van der Waals surface area contributed by atoms with Crippen LogP contribution in [0.4, 0.5) is 11.4 Å². The van der Waals surface area contributed by atoms with E-state index < -0.39 is 4.92 Å². The second-order valence-corrected chi connectivity index (χ2v) is 4.84. The molecule has 5 nitrogen and oxygen atoms in total. The van der Waals surface area contributed by atoms with Gasteiger partial charge in [-0.05, 0) is 22.0 Å². The number of anilines is 1. The molecule has 16 heavy (non-hydrogen) atoms. The van der Waals surface area contributed by atoms with Crippen LogP contribution in [0.2, 0.25) is 5.02 Å². The summed E-state index contributed by atoms with van der Waals surface area (Å²) in [5, 5.41) is 14.1. The lowest BCUT2D eigenvalue weighted by Gasteiger charge is -2.28. The van der Waals surface area contributed by atoms with Gasteiger partial charge in [0.25, 0.3) is 5.69 Å². The number of rotatable bonds is 2. The molecule has 0 amide bonds. The van der Waals surface area contributed by atoms with Gasteiger partial charge >= 0.3 is 0 Å². The first-order valence-electron chi connectivity index (χ1n) is 4.65. The number of nitrogen functional groups attached to an aromatic ring is 1. The molecular formula is C9H9BrClN3O2. The van der Waals surface area contributed by atoms with Crippen molar-refractivity contribution < 1.29 is 4.92 Å². The molecule has 2 rings (SSSR count). The lowest BCUT2D eigenvalue weighted by molar-refractivity contribution is -0.385. The van der Waals surface area contributed by atoms with Crippen molar-refractivity contribution in [1.29, 1.82) is 0 Å². The average Bonchev–Trinajstić information content (AvgIpc) is 2.10. The average molecular weight is 307 g/mol. The molecule has 1 fully saturated rings. The van der Waals surface area contributed by atoms with E-state index in [0.717, 1.165) is 0 Å². The van der Waals surface area contributed by atoms with Gasteiger partial charge in [0.2, 0.25) is 0 Å². The minimum atomic E-state index is -0.458. The quantitative estimate of drug-likeness (QED) is 0.499. The SMILES string of the molecule is Nc1cc(Cl)c([N+](=O)[O-])c(C2CNC2)c1Br. The number of nitrogens with zero attached hydrogens (tertiary/aromatic N) is 1. The first-order chi connectivity index (χ1) is 7.52. The molecule has 0 atom stereocenters. The zero-order valence-electron chi connectivity index (χ0n) is 8.17. The van der Waals surface area contributed by atoms with Gasteiger partial charge in [0, 0.05) is 24.7 Å². The first kappa shape index (κ1) is 11.6. The van der Waals surface area contributed by atoms with E-state index in [4.69, 9.17) is 17.3 Å². The number of hydrogen-bond donors (Lipinski definition) is 2. The molecule has 1 heterocycles. The molecule has 86 valence electrons. The second-order valence-electron chi connectivity index (χ2n) is 3.64. The number of hydrogen-bond acceptors (Lipinski definition) is 4. The monoisotopic (exact) mass is 305 g/mol. The minimum absolute atomic E-state index is 0.0470. The van der Waals surface area contributed by atoms with Gasteiger partial charge in [-0.3, -0.25) is 10.1 Å². The van der Waals surface area contributed by atoms with E-state index in [1.807, 2.05) is 0 Å². The molecule has 3 N–H and O–H groups in total. The first-order valence-corrected chi connectivity index (χ1v) is 5.82. The van der Waals surface area contributed by atoms with Crippen LogP contribution < -0.4 is 11.1 Å². The summed E-state index contributed by atoms with van der Waals surface area (Å²) in [6.45, 7) is 1.42. The van der Waals surface area contributed by atoms with Crippen LogP contribution >= 0.6 is 27.5 Å². The van der Waals surface area contributed by atoms with E-state index in [0.29, 0.717) is 28.8 Å². The molecule has 0 radical (unpaired) electrons. The van der Waals surface area contributed by atoms with E-state index in [2.05, 4.69) is 21.2 Å². The van der Waals surface area contributed by atoms with Crippen LogP contribution in [-0.4, -0.2) is 18.0 Å². The third-order valence-electron chi connectivity index (χ3n) is 2.63. The predicted octanol–water partition coefficient (Wildman–Crippen LogP) is 2.28. The zero-order chi connectivity index (χ0) is 11.9. The van der Waals surface area contributed by atoms with Crippen molar-refractivity contribution in [2.24, 2.45) is 0 Å². The van der Waals surface area contributed by atoms with Crippen molar-refractivity contribution >= 4 is 38.9 Å². The smallest absolute Gasteiger partial charge is 0.292 e. The van der Waals surface area contributed by atoms with Crippen molar-refractivity contribution in [3.8, 4) is 0 Å². The third-order valence-corrected chi connectivity index (χ3v) is 3.80. The van der Waals surface area contributed by atoms with Crippen LogP contribution in [0, 0.1) is 10.1 Å². The molecule has 0 spiro atoms. The van der Waals surface area contributed by atoms with Gasteiger partial charge in [0.15, 0.2) is 0 Å². The van der Waals surface area contributed by atoms with Gasteiger partial charge in [-0.2, -0.15) is 0 Å². The van der Waals surface area contributed by atoms with Crippen molar-refractivity contribution in [2.75, 3.05) is 18.8 Å². The summed E-state index contributed by atoms with van der Waals surface area (Å²) in [7, 11) is 0. The molecule has 1 aliphatic rings. The van der Waals surface area contributed by atoms with Crippen molar-refractivity contribution in [3.05, 3.63) is 31.2 Å². The molecule has 1 aromatic carbocycles. The van der Waals surface area contributed by atoms with Crippen LogP contribution in [0.5, 0.6) is 0 Å². The molecule has 1 aliphatic heterocycles. The summed E-state index contributed by atoms with van der Waals surface area (Å²) in [5.41, 5.74) is 6.71. The highest BCUT2D eigenvalue weighted by Gasteiger charge is 2.32. The van der Waals surface area contributed by atoms with E-state index in [1.54, 1.807) is 0 Å². The van der Waals surface area contributed by atoms with Crippen LogP contribution in [0.25, 0.3) is 0 Å². The third kappa shape index (κ3) is 1.77. The van der Waals surface area contributed by atoms with Gasteiger partial charge in [-0.15, -0.1) is 0 Å². The number of nitrogens with two attached hydrogens (primary N) is 1. The Labute approximate surface area is 105 Å². The Kier molecular flexibility index (Phi) is 3.05. The Morgan fingerprint density at radius 2 is 2.25 bits per heavy atom. The molecule has 1 aromatic rings. The molecule has 1 saturated heterocycles. The summed E-state index contributed by atoms with van der Waals surface area (Å²) in [5.74, 6) is 0.0933. The molecule has 7 heteroatoms. The Hall–Kier alpha value is -0.850. The zero-order valence-corrected chi connectivity index (χ0v) is 10.5. The summed E-state index contributed by atoms with van der Waals surface area (Å²) < 4.78 is 0.579. The molecule has 0 aromatic heterocycles. The van der Waals surface area contributed by atoms with E-state index in [1.165, 1.54) is 6.07 Å².